The van der Waals surface area contributed by atoms with Crippen LogP contribution >= 0.6 is 11.3 Å². The zero-order valence-electron chi connectivity index (χ0n) is 40.4. The van der Waals surface area contributed by atoms with Crippen LogP contribution in [0.2, 0.25) is 26.6 Å². The van der Waals surface area contributed by atoms with Crippen molar-refractivity contribution in [3.8, 4) is 0 Å². The molecular weight excluding hydrogens is 1370 g/mol. The van der Waals surface area contributed by atoms with Crippen molar-refractivity contribution in [3.63, 3.8) is 0 Å². The molecule has 446 valence electrons. The molecule has 0 aliphatic carbocycles. The summed E-state index contributed by atoms with van der Waals surface area (Å²) in [5.41, 5.74) is 0. The predicted octanol–water partition coefficient (Wildman–Crippen LogP) is 16.8. The van der Waals surface area contributed by atoms with Crippen molar-refractivity contribution in [2.24, 2.45) is 0 Å². The van der Waals surface area contributed by atoms with Gasteiger partial charge in [0.15, 0.2) is 0 Å². The third kappa shape index (κ3) is 11.9. The number of thiophene rings is 1. The number of sulfone groups is 2. The van der Waals surface area contributed by atoms with Crippen LogP contribution in [0.5, 0.6) is 0 Å². The van der Waals surface area contributed by atoms with Crippen LogP contribution < -0.4 is 5.79 Å². The summed E-state index contributed by atoms with van der Waals surface area (Å²) < 4.78 is 437. The van der Waals surface area contributed by atoms with Crippen molar-refractivity contribution in [2.75, 3.05) is 0 Å². The van der Waals surface area contributed by atoms with Crippen molar-refractivity contribution < 1.29 is 131 Å². The molecule has 0 N–H and O–H groups in total. The van der Waals surface area contributed by atoms with Gasteiger partial charge in [-0.05, 0) is 0 Å². The van der Waals surface area contributed by atoms with E-state index in [1.54, 1.807) is 0 Å². The maximum absolute atomic E-state index is 16.7. The Kier molecular flexibility index (Phi) is 23.2. The zero-order chi connectivity index (χ0) is 59.7. The molecule has 0 unspecified atom stereocenters. The Morgan fingerprint density at radius 3 is 0.640 bits per heavy atom. The van der Waals surface area contributed by atoms with Crippen LogP contribution in [0, 0.1) is 0 Å². The van der Waals surface area contributed by atoms with E-state index in [4.69, 9.17) is 0 Å². The Bertz CT molecular complexity index is 2080. The topological polar surface area (TPSA) is 68.3 Å². The van der Waals surface area contributed by atoms with Crippen molar-refractivity contribution in [3.05, 3.63) is 0 Å². The van der Waals surface area contributed by atoms with Gasteiger partial charge >= 0.3 is 430 Å². The van der Waals surface area contributed by atoms with Gasteiger partial charge in [-0.1, -0.05) is 0 Å². The van der Waals surface area contributed by atoms with Gasteiger partial charge in [0.1, 0.15) is 0 Å². The molecule has 0 saturated carbocycles. The fourth-order valence-electron chi connectivity index (χ4n) is 8.21. The molecule has 0 radical (unpaired) electrons. The van der Waals surface area contributed by atoms with Crippen LogP contribution in [0.25, 0.3) is 0 Å². The summed E-state index contributed by atoms with van der Waals surface area (Å²) in [4.78, 5) is -6.91. The van der Waals surface area contributed by atoms with Gasteiger partial charge in [0.05, 0.1) is 0 Å². The van der Waals surface area contributed by atoms with Crippen LogP contribution in [0.1, 0.15) is 119 Å². The van der Waals surface area contributed by atoms with Gasteiger partial charge in [0, 0.05) is 0 Å². The summed E-state index contributed by atoms with van der Waals surface area (Å²) >= 11 is -12.5. The van der Waals surface area contributed by atoms with Crippen molar-refractivity contribution in [1.82, 2.24) is 0 Å². The molecular formula is C40H54F26O4S3Sn2. The summed E-state index contributed by atoms with van der Waals surface area (Å²) in [6, 6.07) is 0. The summed E-state index contributed by atoms with van der Waals surface area (Å²) in [6.45, 7) is 8.08. The van der Waals surface area contributed by atoms with Crippen LogP contribution in [-0.4, -0.2) is 124 Å². The van der Waals surface area contributed by atoms with E-state index in [9.17, 15) is 78.3 Å². The number of hydrogen-bond acceptors (Lipinski definition) is 5. The second-order valence-electron chi connectivity index (χ2n) is 18.2. The molecule has 0 aliphatic heterocycles. The fourth-order valence-corrected chi connectivity index (χ4v) is 60.6. The van der Waals surface area contributed by atoms with Gasteiger partial charge in [-0.25, -0.2) is 0 Å². The molecule has 1 heterocycles. The second kappa shape index (κ2) is 24.1. The van der Waals surface area contributed by atoms with Gasteiger partial charge < -0.3 is 0 Å². The summed E-state index contributed by atoms with van der Waals surface area (Å²) in [5.74, 6) is -70.9. The molecule has 75 heavy (non-hydrogen) atoms. The monoisotopic (exact) mass is 1430 g/mol. The Labute approximate surface area is 427 Å². The first-order chi connectivity index (χ1) is 33.3. The quantitative estimate of drug-likeness (QED) is 0.0532. The minimum atomic E-state index is -9.04. The summed E-state index contributed by atoms with van der Waals surface area (Å²) in [5, 5.41) is -17.1. The SMILES string of the molecule is CCC[CH2][Sn]([CH2]CCC)([CH2]CCC)[c]1s[c]([Sn]([CH2]CCC)([CH2]CCC)[CH2]CCC)c(S(=O)(=O)C(F)(F)C(F)(F)C(F)(F)C(F)(F)C(F)(F)C(F)(F)F)c1S(=O)(=O)C(F)(F)C(F)(F)C(F)(F)C(F)(F)C(F)(F)C(F)(F)F. The molecule has 4 nitrogen and oxygen atoms in total. The Balaban J connectivity index is 5.63. The average molecular weight is 1430 g/mol. The normalized spacial score (nSPS) is 15.6. The minimum absolute atomic E-state index is 0.0752. The first kappa shape index (κ1) is 72.4. The molecule has 0 atom stereocenters. The predicted molar refractivity (Wildman–Crippen MR) is 229 cm³/mol. The molecule has 0 fully saturated rings. The molecule has 0 aliphatic rings. The fraction of sp³-hybridized carbons (Fsp3) is 0.900. The van der Waals surface area contributed by atoms with Crippen molar-refractivity contribution in [1.29, 1.82) is 0 Å². The molecule has 0 amide bonds. The van der Waals surface area contributed by atoms with Gasteiger partial charge in [-0.15, -0.1) is 0 Å². The molecule has 35 heteroatoms. The van der Waals surface area contributed by atoms with Crippen molar-refractivity contribution in [2.45, 2.75) is 225 Å². The standard InChI is InChI=1S/C16F26O4S3.6C4H9.2Sn/c17-5(18,9(25,26)13(33,34)35)7(21,22)11(29,30)15(39,40)48(43,44)3-1-47-2-4(3)49(45,46)16(41,42)12(31,32)8(23,24)6(19,20)10(27,28)14(36,37)38;6*1-3-4-2;;/h;6*1,3-4H2,2H3;;. The van der Waals surface area contributed by atoms with Crippen molar-refractivity contribution >= 4 is 73.6 Å². The molecule has 0 bridgehead atoms. The third-order valence-corrected chi connectivity index (χ3v) is 55.8. The molecule has 1 rings (SSSR count). The molecule has 0 aromatic carbocycles. The first-order valence-electron chi connectivity index (χ1n) is 22.9. The van der Waals surface area contributed by atoms with Crippen LogP contribution in [0.4, 0.5) is 114 Å². The number of hydrogen-bond donors (Lipinski definition) is 0. The third-order valence-electron chi connectivity index (χ3n) is 12.9. The van der Waals surface area contributed by atoms with Gasteiger partial charge in [-0.2, -0.15) is 0 Å². The zero-order valence-corrected chi connectivity index (χ0v) is 48.6. The Hall–Kier alpha value is -0.623. The number of unbranched alkanes of at least 4 members (excludes halogenated alkanes) is 6. The van der Waals surface area contributed by atoms with Crippen LogP contribution in [0.3, 0.4) is 0 Å². The van der Waals surface area contributed by atoms with E-state index in [-0.39, 0.29) is 77.0 Å². The number of rotatable bonds is 32. The van der Waals surface area contributed by atoms with Gasteiger partial charge in [-0.3, -0.25) is 0 Å². The van der Waals surface area contributed by atoms with E-state index in [1.807, 2.05) is 0 Å². The second-order valence-corrected chi connectivity index (χ2v) is 51.2. The molecule has 0 spiro atoms. The maximum atomic E-state index is 16.7. The average Bonchev–Trinajstić information content (AvgIpc) is 3.71. The van der Waals surface area contributed by atoms with E-state index >= 15 is 52.7 Å². The number of halogens is 26. The van der Waals surface area contributed by atoms with E-state index in [0.717, 1.165) is 0 Å². The Morgan fingerprint density at radius 1 is 0.307 bits per heavy atom. The van der Waals surface area contributed by atoms with E-state index in [0.29, 0.717) is 0 Å². The molecule has 1 aromatic rings. The van der Waals surface area contributed by atoms with Gasteiger partial charge in [0.2, 0.25) is 0 Å². The van der Waals surface area contributed by atoms with Gasteiger partial charge in [0.25, 0.3) is 0 Å². The van der Waals surface area contributed by atoms with Crippen LogP contribution in [0.15, 0.2) is 9.79 Å². The summed E-state index contributed by atoms with van der Waals surface area (Å²) in [6.07, 6.45) is -18.4. The molecule has 0 saturated heterocycles. The van der Waals surface area contributed by atoms with E-state index < -0.39 is 180 Å². The van der Waals surface area contributed by atoms with E-state index in [2.05, 4.69) is 0 Å². The Morgan fingerprint density at radius 2 is 0.480 bits per heavy atom. The number of alkyl halides is 26. The van der Waals surface area contributed by atoms with E-state index in [1.165, 1.54) is 41.5 Å². The summed E-state index contributed by atoms with van der Waals surface area (Å²) in [7, 11) is -18.0. The first-order valence-corrected chi connectivity index (χ1v) is 41.7. The molecule has 1 aromatic heterocycles. The van der Waals surface area contributed by atoms with Crippen LogP contribution in [-0.2, 0) is 19.7 Å².